The number of rotatable bonds is 5. The van der Waals surface area contributed by atoms with Crippen LogP contribution in [0.4, 0.5) is 5.82 Å². The lowest BCUT2D eigenvalue weighted by molar-refractivity contribution is -0.138. The van der Waals surface area contributed by atoms with Crippen molar-refractivity contribution in [2.45, 2.75) is 57.4 Å². The molecule has 0 spiro atoms. The van der Waals surface area contributed by atoms with E-state index in [-0.39, 0.29) is 12.0 Å². The first-order valence-electron chi connectivity index (χ1n) is 7.34. The smallest absolute Gasteiger partial charge is 0.305 e. The minimum Gasteiger partial charge on any atom is -0.481 e. The van der Waals surface area contributed by atoms with E-state index in [9.17, 15) is 9.90 Å². The Bertz CT molecular complexity index is 470. The van der Waals surface area contributed by atoms with Gasteiger partial charge in [0.25, 0.3) is 0 Å². The third-order valence-electron chi connectivity index (χ3n) is 4.39. The molecule has 0 bridgehead atoms. The fourth-order valence-corrected chi connectivity index (χ4v) is 3.13. The van der Waals surface area contributed by atoms with Gasteiger partial charge in [-0.05, 0) is 19.3 Å². The Morgan fingerprint density at radius 3 is 2.65 bits per heavy atom. The van der Waals surface area contributed by atoms with Gasteiger partial charge in [-0.1, -0.05) is 26.2 Å². The van der Waals surface area contributed by atoms with E-state index in [1.807, 2.05) is 13.1 Å². The minimum atomic E-state index is -0.733. The normalized spacial score (nSPS) is 17.7. The first-order valence-corrected chi connectivity index (χ1v) is 7.34. The highest BCUT2D eigenvalue weighted by Crippen LogP contribution is 2.37. The highest BCUT2D eigenvalue weighted by atomic mass is 16.4. The Kier molecular flexibility index (Phi) is 4.57. The van der Waals surface area contributed by atoms with Crippen LogP contribution in [-0.4, -0.2) is 33.6 Å². The number of aryl methyl sites for hydroxylation is 1. The Labute approximate surface area is 120 Å². The molecule has 0 radical (unpaired) electrons. The molecular formula is C15H23N3O2. The van der Waals surface area contributed by atoms with Crippen molar-refractivity contribution in [3.8, 4) is 0 Å². The topological polar surface area (TPSA) is 66.3 Å². The second-order valence-corrected chi connectivity index (χ2v) is 5.64. The molecule has 0 unspecified atom stereocenters. The van der Waals surface area contributed by atoms with Crippen molar-refractivity contribution in [1.82, 2.24) is 9.97 Å². The van der Waals surface area contributed by atoms with Crippen LogP contribution in [0.3, 0.4) is 0 Å². The molecule has 1 aliphatic carbocycles. The Morgan fingerprint density at radius 2 is 2.05 bits per heavy atom. The lowest BCUT2D eigenvalue weighted by atomic mass is 9.78. The largest absolute Gasteiger partial charge is 0.481 e. The first kappa shape index (κ1) is 14.8. The highest BCUT2D eigenvalue weighted by Gasteiger charge is 2.38. The molecule has 5 heteroatoms. The first-order chi connectivity index (χ1) is 9.57. The van der Waals surface area contributed by atoms with E-state index in [1.165, 1.54) is 6.42 Å². The van der Waals surface area contributed by atoms with Gasteiger partial charge in [-0.2, -0.15) is 0 Å². The summed E-state index contributed by atoms with van der Waals surface area (Å²) in [6, 6.07) is 1.97. The van der Waals surface area contributed by atoms with Gasteiger partial charge in [0.2, 0.25) is 0 Å². The second kappa shape index (κ2) is 6.20. The van der Waals surface area contributed by atoms with Crippen LogP contribution in [0.15, 0.2) is 12.4 Å². The fourth-order valence-electron chi connectivity index (χ4n) is 3.13. The third-order valence-corrected chi connectivity index (χ3v) is 4.39. The Morgan fingerprint density at radius 1 is 1.35 bits per heavy atom. The highest BCUT2D eigenvalue weighted by molar-refractivity contribution is 5.69. The molecule has 1 fully saturated rings. The number of carbonyl (C=O) groups is 1. The van der Waals surface area contributed by atoms with Gasteiger partial charge >= 0.3 is 5.97 Å². The molecule has 20 heavy (non-hydrogen) atoms. The number of nitrogens with zero attached hydrogens (tertiary/aromatic N) is 3. The quantitative estimate of drug-likeness (QED) is 0.896. The zero-order valence-corrected chi connectivity index (χ0v) is 12.3. The second-order valence-electron chi connectivity index (χ2n) is 5.64. The average Bonchev–Trinajstić information content (AvgIpc) is 2.46. The monoisotopic (exact) mass is 277 g/mol. The molecule has 0 amide bonds. The van der Waals surface area contributed by atoms with Crippen molar-refractivity contribution in [2.75, 3.05) is 11.9 Å². The van der Waals surface area contributed by atoms with E-state index in [4.69, 9.17) is 0 Å². The fraction of sp³-hybridized carbons (Fsp3) is 0.667. The SMILES string of the molecule is CCc1cc(N(C)C2(CC(=O)O)CCCCC2)ncn1. The number of carboxylic acid groups (broad SMARTS) is 1. The molecule has 1 aromatic heterocycles. The number of hydrogen-bond donors (Lipinski definition) is 1. The number of anilines is 1. The molecule has 5 nitrogen and oxygen atoms in total. The average molecular weight is 277 g/mol. The van der Waals surface area contributed by atoms with Gasteiger partial charge < -0.3 is 10.0 Å². The standard InChI is InChI=1S/C15H23N3O2/c1-3-12-9-13(17-11-16-12)18(2)15(10-14(19)20)7-5-4-6-8-15/h9,11H,3-8,10H2,1-2H3,(H,19,20). The molecule has 1 heterocycles. The maximum Gasteiger partial charge on any atom is 0.305 e. The summed E-state index contributed by atoms with van der Waals surface area (Å²) in [6.07, 6.45) is 7.81. The van der Waals surface area contributed by atoms with Gasteiger partial charge in [0.15, 0.2) is 0 Å². The number of carboxylic acids is 1. The third kappa shape index (κ3) is 3.08. The lowest BCUT2D eigenvalue weighted by Gasteiger charge is -2.44. The summed E-state index contributed by atoms with van der Waals surface area (Å²) in [6.45, 7) is 2.06. The van der Waals surface area contributed by atoms with E-state index in [1.54, 1.807) is 6.33 Å². The lowest BCUT2D eigenvalue weighted by Crippen LogP contribution is -2.50. The van der Waals surface area contributed by atoms with E-state index in [2.05, 4.69) is 21.8 Å². The van der Waals surface area contributed by atoms with Crippen LogP contribution in [0.5, 0.6) is 0 Å². The molecule has 2 rings (SSSR count). The molecule has 110 valence electrons. The van der Waals surface area contributed by atoms with Gasteiger partial charge in [-0.3, -0.25) is 4.79 Å². The van der Waals surface area contributed by atoms with Crippen molar-refractivity contribution in [2.24, 2.45) is 0 Å². The molecular weight excluding hydrogens is 254 g/mol. The van der Waals surface area contributed by atoms with E-state index < -0.39 is 5.97 Å². The summed E-state index contributed by atoms with van der Waals surface area (Å²) < 4.78 is 0. The van der Waals surface area contributed by atoms with Crippen molar-refractivity contribution < 1.29 is 9.90 Å². The van der Waals surface area contributed by atoms with Gasteiger partial charge in [0.05, 0.1) is 12.0 Å². The van der Waals surface area contributed by atoms with Gasteiger partial charge in [-0.15, -0.1) is 0 Å². The summed E-state index contributed by atoms with van der Waals surface area (Å²) in [5.74, 6) is 0.100. The maximum absolute atomic E-state index is 11.3. The van der Waals surface area contributed by atoms with Crippen LogP contribution in [-0.2, 0) is 11.2 Å². The molecule has 0 saturated heterocycles. The minimum absolute atomic E-state index is 0.176. The number of aliphatic carboxylic acids is 1. The van der Waals surface area contributed by atoms with Crippen molar-refractivity contribution in [3.63, 3.8) is 0 Å². The summed E-state index contributed by atoms with van der Waals surface area (Å²) in [5.41, 5.74) is 0.687. The predicted molar refractivity (Wildman–Crippen MR) is 77.9 cm³/mol. The van der Waals surface area contributed by atoms with E-state index in [0.717, 1.165) is 43.6 Å². The molecule has 0 atom stereocenters. The van der Waals surface area contributed by atoms with Crippen LogP contribution < -0.4 is 4.90 Å². The molecule has 1 aromatic rings. The summed E-state index contributed by atoms with van der Waals surface area (Å²) in [5, 5.41) is 9.27. The zero-order chi connectivity index (χ0) is 14.6. The van der Waals surface area contributed by atoms with Gasteiger partial charge in [0, 0.05) is 18.8 Å². The van der Waals surface area contributed by atoms with Gasteiger partial charge in [-0.25, -0.2) is 9.97 Å². The van der Waals surface area contributed by atoms with Crippen LogP contribution >= 0.6 is 0 Å². The van der Waals surface area contributed by atoms with E-state index >= 15 is 0 Å². The van der Waals surface area contributed by atoms with Crippen molar-refractivity contribution in [3.05, 3.63) is 18.1 Å². The van der Waals surface area contributed by atoms with E-state index in [0.29, 0.717) is 0 Å². The molecule has 0 aromatic carbocycles. The maximum atomic E-state index is 11.3. The van der Waals surface area contributed by atoms with Crippen LogP contribution in [0.2, 0.25) is 0 Å². The number of hydrogen-bond acceptors (Lipinski definition) is 4. The summed E-state index contributed by atoms with van der Waals surface area (Å²) in [7, 11) is 1.97. The molecule has 1 aliphatic rings. The Hall–Kier alpha value is -1.65. The summed E-state index contributed by atoms with van der Waals surface area (Å²) in [4.78, 5) is 21.9. The van der Waals surface area contributed by atoms with Crippen LogP contribution in [0.25, 0.3) is 0 Å². The van der Waals surface area contributed by atoms with Crippen LogP contribution in [0.1, 0.15) is 51.1 Å². The molecule has 1 saturated carbocycles. The van der Waals surface area contributed by atoms with Crippen LogP contribution in [0, 0.1) is 0 Å². The van der Waals surface area contributed by atoms with Crippen molar-refractivity contribution >= 4 is 11.8 Å². The summed E-state index contributed by atoms with van der Waals surface area (Å²) >= 11 is 0. The zero-order valence-electron chi connectivity index (χ0n) is 12.3. The molecule has 0 aliphatic heterocycles. The van der Waals surface area contributed by atoms with Crippen molar-refractivity contribution in [1.29, 1.82) is 0 Å². The number of aromatic nitrogens is 2. The Balaban J connectivity index is 2.29. The molecule has 1 N–H and O–H groups in total. The van der Waals surface area contributed by atoms with Gasteiger partial charge in [0.1, 0.15) is 12.1 Å². The predicted octanol–water partition coefficient (Wildman–Crippen LogP) is 2.65.